The number of thiophene rings is 1. The quantitative estimate of drug-likeness (QED) is 0.511. The van der Waals surface area contributed by atoms with Gasteiger partial charge in [0.15, 0.2) is 0 Å². The van der Waals surface area contributed by atoms with Gasteiger partial charge in [0.25, 0.3) is 0 Å². The van der Waals surface area contributed by atoms with E-state index in [2.05, 4.69) is 9.72 Å². The Balaban J connectivity index is 0.000000628. The Morgan fingerprint density at radius 2 is 1.62 bits per heavy atom. The molecule has 3 rings (SSSR count). The summed E-state index contributed by atoms with van der Waals surface area (Å²) in [4.78, 5) is 5.29. The van der Waals surface area contributed by atoms with E-state index < -0.39 is 6.36 Å². The van der Waals surface area contributed by atoms with Crippen LogP contribution in [0.3, 0.4) is 0 Å². The highest BCUT2D eigenvalue weighted by Crippen LogP contribution is 2.37. The molecule has 0 amide bonds. The van der Waals surface area contributed by atoms with Crippen LogP contribution in [0, 0.1) is 20.8 Å². The Morgan fingerprint density at radius 1 is 0.966 bits per heavy atom. The summed E-state index contributed by atoms with van der Waals surface area (Å²) in [5.74, 6) is -0.185. The fraction of sp³-hybridized carbons (Fsp3) is 0.381. The summed E-state index contributed by atoms with van der Waals surface area (Å²) >= 11 is 1.23. The first kappa shape index (κ1) is 24.9. The lowest BCUT2D eigenvalue weighted by Crippen LogP contribution is -2.16. The molecule has 8 heteroatoms. The SMILES string of the molecule is CCOCC.Cc1cc2nc(C)c(C)cc2cc1-c1cc(OC(F)(F)F)cs1.O. The summed E-state index contributed by atoms with van der Waals surface area (Å²) < 4.78 is 45.7. The lowest BCUT2D eigenvalue weighted by molar-refractivity contribution is -0.274. The summed E-state index contributed by atoms with van der Waals surface area (Å²) in [5.41, 5.74) is 4.80. The van der Waals surface area contributed by atoms with E-state index in [1.807, 2.05) is 52.8 Å². The molecule has 0 saturated heterocycles. The van der Waals surface area contributed by atoms with Crippen LogP contribution in [0.2, 0.25) is 0 Å². The van der Waals surface area contributed by atoms with Crippen LogP contribution >= 0.6 is 11.3 Å². The van der Waals surface area contributed by atoms with Gasteiger partial charge in [0.2, 0.25) is 0 Å². The zero-order valence-electron chi connectivity index (χ0n) is 17.1. The number of hydrogen-bond donors (Lipinski definition) is 0. The fourth-order valence-electron chi connectivity index (χ4n) is 2.65. The largest absolute Gasteiger partial charge is 0.573 e. The van der Waals surface area contributed by atoms with E-state index in [9.17, 15) is 13.2 Å². The molecule has 3 aromatic rings. The lowest BCUT2D eigenvalue weighted by atomic mass is 10.0. The Morgan fingerprint density at radius 3 is 2.17 bits per heavy atom. The second kappa shape index (κ2) is 10.6. The van der Waals surface area contributed by atoms with Gasteiger partial charge in [-0.3, -0.25) is 4.98 Å². The topological polar surface area (TPSA) is 62.9 Å². The molecule has 2 heterocycles. The van der Waals surface area contributed by atoms with Crippen molar-refractivity contribution in [3.63, 3.8) is 0 Å². The van der Waals surface area contributed by atoms with Gasteiger partial charge in [0.05, 0.1) is 5.52 Å². The van der Waals surface area contributed by atoms with Crippen molar-refractivity contribution in [2.75, 3.05) is 13.2 Å². The van der Waals surface area contributed by atoms with Crippen molar-refractivity contribution in [2.45, 2.75) is 41.0 Å². The van der Waals surface area contributed by atoms with Crippen molar-refractivity contribution in [2.24, 2.45) is 0 Å². The van der Waals surface area contributed by atoms with E-state index in [4.69, 9.17) is 4.74 Å². The number of nitrogens with zero attached hydrogens (tertiary/aromatic N) is 1. The number of alkyl halides is 3. The van der Waals surface area contributed by atoms with Gasteiger partial charge in [-0.05, 0) is 75.6 Å². The molecular weight excluding hydrogens is 403 g/mol. The molecule has 0 aliphatic heterocycles. The zero-order valence-corrected chi connectivity index (χ0v) is 17.9. The molecule has 0 spiro atoms. The van der Waals surface area contributed by atoms with Crippen molar-refractivity contribution in [1.29, 1.82) is 0 Å². The maximum Gasteiger partial charge on any atom is 0.573 e. The number of pyridine rings is 1. The molecule has 2 aromatic heterocycles. The van der Waals surface area contributed by atoms with Crippen LogP contribution < -0.4 is 4.74 Å². The minimum absolute atomic E-state index is 0. The summed E-state index contributed by atoms with van der Waals surface area (Å²) in [5, 5.41) is 2.34. The molecule has 4 nitrogen and oxygen atoms in total. The van der Waals surface area contributed by atoms with Crippen molar-refractivity contribution in [3.05, 3.63) is 46.5 Å². The smallest absolute Gasteiger partial charge is 0.412 e. The second-order valence-electron chi connectivity index (χ2n) is 6.23. The van der Waals surface area contributed by atoms with Gasteiger partial charge in [-0.25, -0.2) is 0 Å². The third-order valence-corrected chi connectivity index (χ3v) is 5.03. The molecule has 0 saturated carbocycles. The first-order valence-corrected chi connectivity index (χ1v) is 9.83. The van der Waals surface area contributed by atoms with Gasteiger partial charge in [0, 0.05) is 34.6 Å². The van der Waals surface area contributed by atoms with Gasteiger partial charge in [-0.1, -0.05) is 0 Å². The Kier molecular flexibility index (Phi) is 9.07. The predicted octanol–water partition coefficient (Wildman–Crippen LogP) is 6.01. The number of hydrogen-bond acceptors (Lipinski definition) is 4. The molecule has 2 N–H and O–H groups in total. The van der Waals surface area contributed by atoms with Crippen LogP contribution in [-0.4, -0.2) is 30.0 Å². The molecule has 160 valence electrons. The number of aromatic nitrogens is 1. The highest BCUT2D eigenvalue weighted by molar-refractivity contribution is 7.13. The average molecular weight is 430 g/mol. The van der Waals surface area contributed by atoms with Crippen LogP contribution in [0.15, 0.2) is 29.6 Å². The summed E-state index contributed by atoms with van der Waals surface area (Å²) in [6.45, 7) is 11.5. The van der Waals surface area contributed by atoms with E-state index in [1.165, 1.54) is 22.8 Å². The second-order valence-corrected chi connectivity index (χ2v) is 7.14. The fourth-order valence-corrected chi connectivity index (χ4v) is 3.54. The number of fused-ring (bicyclic) bond motifs is 1. The predicted molar refractivity (Wildman–Crippen MR) is 112 cm³/mol. The summed E-state index contributed by atoms with van der Waals surface area (Å²) in [6.07, 6.45) is -4.67. The summed E-state index contributed by atoms with van der Waals surface area (Å²) in [6, 6.07) is 7.39. The number of benzene rings is 1. The molecule has 0 aliphatic carbocycles. The molecular formula is C21H26F3NO3S. The van der Waals surface area contributed by atoms with E-state index >= 15 is 0 Å². The van der Waals surface area contributed by atoms with Crippen molar-refractivity contribution in [3.8, 4) is 16.2 Å². The normalized spacial score (nSPS) is 10.9. The van der Waals surface area contributed by atoms with Gasteiger partial charge < -0.3 is 14.9 Å². The molecule has 0 fully saturated rings. The maximum atomic E-state index is 12.3. The van der Waals surface area contributed by atoms with Gasteiger partial charge in [0.1, 0.15) is 5.75 Å². The van der Waals surface area contributed by atoms with Crippen molar-refractivity contribution >= 4 is 22.2 Å². The number of ether oxygens (including phenoxy) is 2. The van der Waals surface area contributed by atoms with Gasteiger partial charge in [-0.15, -0.1) is 24.5 Å². The van der Waals surface area contributed by atoms with E-state index in [0.717, 1.165) is 51.4 Å². The highest BCUT2D eigenvalue weighted by atomic mass is 32.1. The standard InChI is InChI=1S/C17H14F3NOS.C4H10O.H2O/c1-9-4-12-6-14(10(2)5-15(12)21-11(9)3)16-7-13(8-23-16)22-17(18,19)20;1-3-5-4-2;/h4-8H,1-3H3;3-4H2,1-2H3;1H2. The van der Waals surface area contributed by atoms with Crippen LogP contribution in [0.1, 0.15) is 30.7 Å². The minimum Gasteiger partial charge on any atom is -0.412 e. The Hall–Kier alpha value is -2.16. The summed E-state index contributed by atoms with van der Waals surface area (Å²) in [7, 11) is 0. The molecule has 0 atom stereocenters. The highest BCUT2D eigenvalue weighted by Gasteiger charge is 2.31. The average Bonchev–Trinajstić information content (AvgIpc) is 3.03. The Bertz CT molecular complexity index is 937. The molecule has 0 bridgehead atoms. The molecule has 0 radical (unpaired) electrons. The molecule has 1 aromatic carbocycles. The molecule has 0 aliphatic rings. The van der Waals surface area contributed by atoms with E-state index in [1.54, 1.807) is 0 Å². The van der Waals surface area contributed by atoms with E-state index in [0.29, 0.717) is 0 Å². The number of rotatable bonds is 4. The van der Waals surface area contributed by atoms with Gasteiger partial charge in [-0.2, -0.15) is 0 Å². The van der Waals surface area contributed by atoms with Crippen molar-refractivity contribution in [1.82, 2.24) is 4.98 Å². The Labute approximate surface area is 172 Å². The van der Waals surface area contributed by atoms with Crippen LogP contribution in [-0.2, 0) is 4.74 Å². The molecule has 29 heavy (non-hydrogen) atoms. The van der Waals surface area contributed by atoms with Crippen LogP contribution in [0.25, 0.3) is 21.3 Å². The van der Waals surface area contributed by atoms with Gasteiger partial charge >= 0.3 is 6.36 Å². The minimum atomic E-state index is -4.67. The lowest BCUT2D eigenvalue weighted by Gasteiger charge is -2.09. The van der Waals surface area contributed by atoms with Crippen molar-refractivity contribution < 1.29 is 28.1 Å². The molecule has 0 unspecified atom stereocenters. The monoisotopic (exact) mass is 429 g/mol. The van der Waals surface area contributed by atoms with Crippen LogP contribution in [0.5, 0.6) is 5.75 Å². The van der Waals surface area contributed by atoms with Crippen LogP contribution in [0.4, 0.5) is 13.2 Å². The third-order valence-electron chi connectivity index (χ3n) is 4.09. The van der Waals surface area contributed by atoms with E-state index in [-0.39, 0.29) is 11.2 Å². The first-order chi connectivity index (χ1) is 13.1. The number of halogens is 3. The third kappa shape index (κ3) is 6.99. The zero-order chi connectivity index (χ0) is 20.9. The first-order valence-electron chi connectivity index (χ1n) is 8.95. The maximum absolute atomic E-state index is 12.3. The number of aryl methyl sites for hydroxylation is 3.